The van der Waals surface area contributed by atoms with Gasteiger partial charge in [0.1, 0.15) is 6.54 Å². The van der Waals surface area contributed by atoms with Crippen molar-refractivity contribution in [3.05, 3.63) is 0 Å². The van der Waals surface area contributed by atoms with E-state index in [0.717, 1.165) is 11.9 Å². The molecule has 4 nitrogen and oxygen atoms in total. The second-order valence-corrected chi connectivity index (χ2v) is 1.97. The minimum Gasteiger partial charge on any atom is -0.383 e. The first-order chi connectivity index (χ1) is 3.79. The zero-order chi connectivity index (χ0) is 5.98. The lowest BCUT2D eigenvalue weighted by Gasteiger charge is -2.06. The van der Waals surface area contributed by atoms with Gasteiger partial charge >= 0.3 is 11.3 Å². The molecule has 0 spiro atoms. The molecule has 0 aromatic rings. The number of esters is 1. The normalized spacial score (nSPS) is 20.5. The van der Waals surface area contributed by atoms with Crippen molar-refractivity contribution in [3.63, 3.8) is 0 Å². The second-order valence-electron chi connectivity index (χ2n) is 1.15. The van der Waals surface area contributed by atoms with E-state index in [-0.39, 0.29) is 6.54 Å². The molecule has 5 heteroatoms. The highest BCUT2D eigenvalue weighted by Crippen LogP contribution is 2.03. The van der Waals surface area contributed by atoms with Gasteiger partial charge in [0, 0.05) is 11.9 Å². The van der Waals surface area contributed by atoms with Gasteiger partial charge in [0.15, 0.2) is 0 Å². The Kier molecular flexibility index (Phi) is 1.50. The largest absolute Gasteiger partial charge is 0.390 e. The SMILES string of the molecule is O=C1CNSC(=O)O1. The molecule has 0 amide bonds. The summed E-state index contributed by atoms with van der Waals surface area (Å²) < 4.78 is 6.59. The van der Waals surface area contributed by atoms with Gasteiger partial charge in [0.05, 0.1) is 0 Å². The van der Waals surface area contributed by atoms with E-state index < -0.39 is 11.3 Å². The number of cyclic esters (lactones) is 2. The summed E-state index contributed by atoms with van der Waals surface area (Å²) in [4.78, 5) is 20.3. The van der Waals surface area contributed by atoms with E-state index in [1.54, 1.807) is 0 Å². The molecule has 0 bridgehead atoms. The zero-order valence-corrected chi connectivity index (χ0v) is 4.66. The van der Waals surface area contributed by atoms with E-state index in [4.69, 9.17) is 0 Å². The molecule has 0 unspecified atom stereocenters. The topological polar surface area (TPSA) is 55.4 Å². The van der Waals surface area contributed by atoms with Gasteiger partial charge < -0.3 is 4.74 Å². The average Bonchev–Trinajstić information content (AvgIpc) is 1.64. The fourth-order valence-electron chi connectivity index (χ4n) is 0.304. The third-order valence-corrected chi connectivity index (χ3v) is 1.11. The van der Waals surface area contributed by atoms with Crippen molar-refractivity contribution in [2.45, 2.75) is 0 Å². The van der Waals surface area contributed by atoms with Crippen LogP contribution in [0.5, 0.6) is 0 Å². The van der Waals surface area contributed by atoms with Crippen LogP contribution in [0.1, 0.15) is 0 Å². The van der Waals surface area contributed by atoms with Gasteiger partial charge in [0.2, 0.25) is 0 Å². The number of carbonyl (C=O) groups excluding carboxylic acids is 2. The third-order valence-electron chi connectivity index (χ3n) is 0.569. The van der Waals surface area contributed by atoms with Crippen LogP contribution in [0.15, 0.2) is 0 Å². The maximum Gasteiger partial charge on any atom is 0.390 e. The molecule has 0 saturated carbocycles. The molecule has 1 heterocycles. The van der Waals surface area contributed by atoms with Gasteiger partial charge in [-0.25, -0.2) is 9.52 Å². The predicted octanol–water partition coefficient (Wildman–Crippen LogP) is -0.0990. The van der Waals surface area contributed by atoms with E-state index >= 15 is 0 Å². The molecule has 1 fully saturated rings. The maximum atomic E-state index is 10.2. The summed E-state index contributed by atoms with van der Waals surface area (Å²) in [7, 11) is 0. The Hall–Kier alpha value is -0.550. The highest BCUT2D eigenvalue weighted by atomic mass is 32.2. The van der Waals surface area contributed by atoms with Crippen molar-refractivity contribution in [2.75, 3.05) is 6.54 Å². The molecule has 0 aliphatic carbocycles. The van der Waals surface area contributed by atoms with E-state index in [1.165, 1.54) is 0 Å². The summed E-state index contributed by atoms with van der Waals surface area (Å²) in [5, 5.41) is -0.582. The predicted molar refractivity (Wildman–Crippen MR) is 27.1 cm³/mol. The van der Waals surface area contributed by atoms with Crippen molar-refractivity contribution in [2.24, 2.45) is 0 Å². The monoisotopic (exact) mass is 133 g/mol. The molecule has 8 heavy (non-hydrogen) atoms. The minimum atomic E-state index is -0.582. The molecule has 1 aliphatic heterocycles. The smallest absolute Gasteiger partial charge is 0.383 e. The lowest BCUT2D eigenvalue weighted by Crippen LogP contribution is -2.28. The molecular weight excluding hydrogens is 130 g/mol. The van der Waals surface area contributed by atoms with Crippen molar-refractivity contribution in [1.29, 1.82) is 0 Å². The van der Waals surface area contributed by atoms with Crippen LogP contribution in [-0.4, -0.2) is 17.8 Å². The van der Waals surface area contributed by atoms with Crippen molar-refractivity contribution >= 4 is 23.2 Å². The van der Waals surface area contributed by atoms with Gasteiger partial charge in [-0.3, -0.25) is 4.79 Å². The lowest BCUT2D eigenvalue weighted by atomic mass is 10.7. The second kappa shape index (κ2) is 2.15. The number of hydrogen-bond acceptors (Lipinski definition) is 5. The van der Waals surface area contributed by atoms with E-state index in [1.807, 2.05) is 0 Å². The molecule has 1 N–H and O–H groups in total. The van der Waals surface area contributed by atoms with Crippen LogP contribution in [0.4, 0.5) is 4.79 Å². The van der Waals surface area contributed by atoms with Crippen LogP contribution in [0.2, 0.25) is 0 Å². The lowest BCUT2D eigenvalue weighted by molar-refractivity contribution is -0.135. The summed E-state index contributed by atoms with van der Waals surface area (Å²) >= 11 is 0.790. The Balaban J connectivity index is 2.45. The van der Waals surface area contributed by atoms with Gasteiger partial charge in [-0.15, -0.1) is 0 Å². The van der Waals surface area contributed by atoms with Crippen LogP contribution in [0.25, 0.3) is 0 Å². The summed E-state index contributed by atoms with van der Waals surface area (Å²) in [6.45, 7) is 0.108. The maximum absolute atomic E-state index is 10.2. The summed E-state index contributed by atoms with van der Waals surface area (Å²) in [6.07, 6.45) is 0. The van der Waals surface area contributed by atoms with E-state index in [0.29, 0.717) is 0 Å². The van der Waals surface area contributed by atoms with Gasteiger partial charge in [0.25, 0.3) is 0 Å². The van der Waals surface area contributed by atoms with Gasteiger partial charge in [-0.1, -0.05) is 0 Å². The first-order valence-corrected chi connectivity index (χ1v) is 2.75. The van der Waals surface area contributed by atoms with E-state index in [9.17, 15) is 9.59 Å². The van der Waals surface area contributed by atoms with Gasteiger partial charge in [-0.2, -0.15) is 0 Å². The van der Waals surface area contributed by atoms with Crippen molar-refractivity contribution < 1.29 is 14.3 Å². The van der Waals surface area contributed by atoms with Crippen molar-refractivity contribution in [3.8, 4) is 0 Å². The Morgan fingerprint density at radius 1 is 1.62 bits per heavy atom. The van der Waals surface area contributed by atoms with Crippen LogP contribution in [0, 0.1) is 0 Å². The van der Waals surface area contributed by atoms with Gasteiger partial charge in [-0.05, 0) is 0 Å². The third kappa shape index (κ3) is 1.21. The number of hydrogen-bond donors (Lipinski definition) is 1. The molecule has 1 rings (SSSR count). The molecule has 1 saturated heterocycles. The van der Waals surface area contributed by atoms with Crippen LogP contribution >= 0.6 is 11.9 Å². The summed E-state index contributed by atoms with van der Waals surface area (Å²) in [5.74, 6) is -0.520. The molecule has 0 radical (unpaired) electrons. The fraction of sp³-hybridized carbons (Fsp3) is 0.333. The highest BCUT2D eigenvalue weighted by molar-refractivity contribution is 8.11. The summed E-state index contributed by atoms with van der Waals surface area (Å²) in [6, 6.07) is 0. The Labute approximate surface area is 49.7 Å². The molecular formula is C3H3NO3S. The molecule has 44 valence electrons. The zero-order valence-electron chi connectivity index (χ0n) is 3.84. The fourth-order valence-corrected chi connectivity index (χ4v) is 0.746. The van der Waals surface area contributed by atoms with Crippen LogP contribution < -0.4 is 4.72 Å². The van der Waals surface area contributed by atoms with E-state index in [2.05, 4.69) is 9.46 Å². The number of carbonyl (C=O) groups is 2. The summed E-state index contributed by atoms with van der Waals surface area (Å²) in [5.41, 5.74) is 0. The molecule has 0 aromatic heterocycles. The first-order valence-electron chi connectivity index (χ1n) is 1.93. The molecule has 0 aromatic carbocycles. The standard InChI is InChI=1S/C3H3NO3S/c5-2-1-4-8-3(6)7-2/h4H,1H2. The highest BCUT2D eigenvalue weighted by Gasteiger charge is 2.16. The van der Waals surface area contributed by atoms with Crippen LogP contribution in [-0.2, 0) is 9.53 Å². The minimum absolute atomic E-state index is 0.108. The Bertz CT molecular complexity index is 120. The molecule has 1 aliphatic rings. The number of rotatable bonds is 0. The Morgan fingerprint density at radius 2 is 2.38 bits per heavy atom. The van der Waals surface area contributed by atoms with Crippen molar-refractivity contribution in [1.82, 2.24) is 4.72 Å². The number of nitrogens with one attached hydrogen (secondary N) is 1. The van der Waals surface area contributed by atoms with Crippen LogP contribution in [0.3, 0.4) is 0 Å². The average molecular weight is 133 g/mol. The Morgan fingerprint density at radius 3 is 2.75 bits per heavy atom. The number of ether oxygens (including phenoxy) is 1. The quantitative estimate of drug-likeness (QED) is 0.284. The molecule has 0 atom stereocenters. The first kappa shape index (κ1) is 5.58.